The number of aromatic nitrogens is 1. The predicted molar refractivity (Wildman–Crippen MR) is 144 cm³/mol. The summed E-state index contributed by atoms with van der Waals surface area (Å²) in [7, 11) is -4.25. The molecule has 0 aliphatic heterocycles. The second kappa shape index (κ2) is 12.9. The molecule has 3 aromatic rings. The minimum absolute atomic E-state index is 0.0581. The maximum atomic E-state index is 14.8. The molecule has 8 nitrogen and oxygen atoms in total. The van der Waals surface area contributed by atoms with Crippen LogP contribution < -0.4 is 20.5 Å². The highest BCUT2D eigenvalue weighted by Crippen LogP contribution is 2.36. The molecule has 0 fully saturated rings. The molecule has 1 heterocycles. The van der Waals surface area contributed by atoms with Gasteiger partial charge in [0, 0.05) is 22.2 Å². The molecule has 0 spiro atoms. The maximum Gasteiger partial charge on any atom is 0.266 e. The van der Waals surface area contributed by atoms with Crippen molar-refractivity contribution in [3.05, 3.63) is 62.6 Å². The molecule has 0 saturated heterocycles. The summed E-state index contributed by atoms with van der Waals surface area (Å²) >= 11 is 15.1. The van der Waals surface area contributed by atoms with Crippen molar-refractivity contribution >= 4 is 68.0 Å². The van der Waals surface area contributed by atoms with E-state index in [2.05, 4.69) is 15.0 Å². The van der Waals surface area contributed by atoms with Gasteiger partial charge in [-0.3, -0.25) is 9.52 Å². The van der Waals surface area contributed by atoms with Crippen molar-refractivity contribution < 1.29 is 22.3 Å². The van der Waals surface area contributed by atoms with Gasteiger partial charge in [-0.15, -0.1) is 11.3 Å². The van der Waals surface area contributed by atoms with Crippen molar-refractivity contribution in [1.29, 1.82) is 0 Å². The number of carbonyl (C=O) groups is 1. The van der Waals surface area contributed by atoms with E-state index in [1.807, 2.05) is 6.26 Å². The Balaban J connectivity index is 1.74. The van der Waals surface area contributed by atoms with Crippen LogP contribution in [-0.2, 0) is 21.2 Å². The van der Waals surface area contributed by atoms with Crippen molar-refractivity contribution in [2.75, 3.05) is 23.3 Å². The minimum Gasteiger partial charge on any atom is -0.455 e. The van der Waals surface area contributed by atoms with Gasteiger partial charge in [-0.1, -0.05) is 23.2 Å². The normalized spacial score (nSPS) is 12.3. The van der Waals surface area contributed by atoms with E-state index >= 15 is 0 Å². The minimum atomic E-state index is -4.25. The van der Waals surface area contributed by atoms with Gasteiger partial charge >= 0.3 is 0 Å². The molecule has 2 aromatic carbocycles. The highest BCUT2D eigenvalue weighted by atomic mass is 35.5. The van der Waals surface area contributed by atoms with Crippen molar-refractivity contribution in [3.63, 3.8) is 0 Å². The van der Waals surface area contributed by atoms with Crippen LogP contribution in [0.4, 0.5) is 10.2 Å². The molecule has 194 valence electrons. The van der Waals surface area contributed by atoms with Crippen molar-refractivity contribution in [1.82, 2.24) is 10.3 Å². The van der Waals surface area contributed by atoms with Gasteiger partial charge in [0.25, 0.3) is 10.0 Å². The first-order valence-corrected chi connectivity index (χ1v) is 15.1. The van der Waals surface area contributed by atoms with E-state index in [9.17, 15) is 17.6 Å². The van der Waals surface area contributed by atoms with E-state index in [0.29, 0.717) is 35.9 Å². The number of rotatable bonds is 13. The molecule has 1 atom stereocenters. The first-order chi connectivity index (χ1) is 17.1. The van der Waals surface area contributed by atoms with E-state index in [-0.39, 0.29) is 16.6 Å². The average molecular weight is 594 g/mol. The molecule has 1 unspecified atom stereocenters. The number of nitrogens with zero attached hydrogens (tertiary/aromatic N) is 1. The molecule has 3 rings (SSSR count). The summed E-state index contributed by atoms with van der Waals surface area (Å²) in [6.45, 7) is 0.522. The molecule has 4 N–H and O–H groups in total. The Morgan fingerprint density at radius 2 is 2.06 bits per heavy atom. The van der Waals surface area contributed by atoms with Crippen LogP contribution in [0.5, 0.6) is 11.5 Å². The summed E-state index contributed by atoms with van der Waals surface area (Å²) in [6.07, 6.45) is 3.05. The number of sulfonamides is 1. The zero-order valence-electron chi connectivity index (χ0n) is 19.0. The second-order valence-corrected chi connectivity index (χ2v) is 11.6. The topological polar surface area (TPSA) is 123 Å². The number of carbonyl (C=O) groups excluding carboxylic acids is 1. The molecule has 0 radical (unpaired) electrons. The van der Waals surface area contributed by atoms with E-state index in [4.69, 9.17) is 33.7 Å². The average Bonchev–Trinajstić information content (AvgIpc) is 3.31. The third-order valence-corrected chi connectivity index (χ3v) is 8.03. The Bertz CT molecular complexity index is 1310. The number of thioether (sulfide) groups is 1. The zero-order valence-corrected chi connectivity index (χ0v) is 22.9. The summed E-state index contributed by atoms with van der Waals surface area (Å²) in [4.78, 5) is 14.7. The molecular formula is C22H23Cl2FN4O4S3. The van der Waals surface area contributed by atoms with Crippen molar-refractivity contribution in [2.24, 2.45) is 5.73 Å². The van der Waals surface area contributed by atoms with Gasteiger partial charge in [0.15, 0.2) is 5.82 Å². The van der Waals surface area contributed by atoms with Crippen molar-refractivity contribution in [3.8, 4) is 11.5 Å². The Morgan fingerprint density at radius 1 is 1.28 bits per heavy atom. The second-order valence-electron chi connectivity index (χ2n) is 7.51. The van der Waals surface area contributed by atoms with Gasteiger partial charge in [0.05, 0.1) is 16.6 Å². The molecule has 1 amide bonds. The van der Waals surface area contributed by atoms with Crippen LogP contribution in [0.15, 0.2) is 46.1 Å². The lowest BCUT2D eigenvalue weighted by Gasteiger charge is -2.16. The summed E-state index contributed by atoms with van der Waals surface area (Å²) < 4.78 is 48.0. The summed E-state index contributed by atoms with van der Waals surface area (Å²) in [5, 5.41) is 4.98. The van der Waals surface area contributed by atoms with Gasteiger partial charge < -0.3 is 15.8 Å². The van der Waals surface area contributed by atoms with Crippen LogP contribution in [0.2, 0.25) is 10.0 Å². The maximum absolute atomic E-state index is 14.8. The number of amides is 1. The SMILES string of the molecule is CSCC(NCCCc1cc(Cl)ccc1Oc1cc(F)c(S(=O)(=O)Nc2cscn2)cc1Cl)C(N)=O. The van der Waals surface area contributed by atoms with Gasteiger partial charge in [-0.25, -0.2) is 17.8 Å². The van der Waals surface area contributed by atoms with E-state index in [0.717, 1.165) is 17.7 Å². The van der Waals surface area contributed by atoms with Crippen LogP contribution in [0.25, 0.3) is 0 Å². The first kappa shape index (κ1) is 28.5. The third kappa shape index (κ3) is 7.70. The highest BCUT2D eigenvalue weighted by molar-refractivity contribution is 7.98. The summed E-state index contributed by atoms with van der Waals surface area (Å²) in [5.41, 5.74) is 7.57. The van der Waals surface area contributed by atoms with Gasteiger partial charge in [0.2, 0.25) is 5.91 Å². The Morgan fingerprint density at radius 3 is 2.72 bits per heavy atom. The molecule has 1 aromatic heterocycles. The quantitative estimate of drug-likeness (QED) is 0.241. The van der Waals surface area contributed by atoms with Gasteiger partial charge in [-0.05, 0) is 55.5 Å². The Kier molecular flexibility index (Phi) is 10.2. The number of benzene rings is 2. The number of nitrogens with two attached hydrogens (primary N) is 1. The lowest BCUT2D eigenvalue weighted by molar-refractivity contribution is -0.119. The van der Waals surface area contributed by atoms with Gasteiger partial charge in [-0.2, -0.15) is 11.8 Å². The number of aryl methyl sites for hydroxylation is 1. The van der Waals surface area contributed by atoms with Crippen LogP contribution in [0, 0.1) is 5.82 Å². The number of nitrogens with one attached hydrogen (secondary N) is 2. The summed E-state index contributed by atoms with van der Waals surface area (Å²) in [5.74, 6) is -0.490. The van der Waals surface area contributed by atoms with Crippen LogP contribution in [-0.4, -0.2) is 43.9 Å². The number of ether oxygens (including phenoxy) is 1. The lowest BCUT2D eigenvalue weighted by atomic mass is 10.1. The lowest BCUT2D eigenvalue weighted by Crippen LogP contribution is -2.43. The van der Waals surface area contributed by atoms with E-state index in [1.165, 1.54) is 34.0 Å². The standard InChI is InChI=1S/C22H23Cl2FN4O4S3/c1-34-10-17(22(26)30)27-6-2-3-13-7-14(23)4-5-18(13)33-19-9-16(25)20(8-15(19)24)36(31,32)29-21-11-35-12-28-21/h4-5,7-9,11-12,17,27,29H,2-3,6,10H2,1H3,(H2,26,30). The molecule has 36 heavy (non-hydrogen) atoms. The van der Waals surface area contributed by atoms with Crippen molar-refractivity contribution in [2.45, 2.75) is 23.8 Å². The molecular weight excluding hydrogens is 570 g/mol. The number of thiazole rings is 1. The molecule has 0 bridgehead atoms. The molecule has 0 saturated carbocycles. The number of anilines is 1. The fourth-order valence-electron chi connectivity index (χ4n) is 3.17. The third-order valence-electron chi connectivity index (χ3n) is 4.88. The van der Waals surface area contributed by atoms with Gasteiger partial charge in [0.1, 0.15) is 22.2 Å². The Labute approximate surface area is 226 Å². The fraction of sp³-hybridized carbons (Fsp3) is 0.273. The van der Waals surface area contributed by atoms with E-state index in [1.54, 1.807) is 18.2 Å². The summed E-state index contributed by atoms with van der Waals surface area (Å²) in [6, 6.07) is 6.41. The number of hydrogen-bond acceptors (Lipinski definition) is 8. The van der Waals surface area contributed by atoms with Crippen LogP contribution >= 0.6 is 46.3 Å². The fourth-order valence-corrected chi connectivity index (χ4v) is 5.90. The molecule has 14 heteroatoms. The highest BCUT2D eigenvalue weighted by Gasteiger charge is 2.23. The largest absolute Gasteiger partial charge is 0.455 e. The first-order valence-electron chi connectivity index (χ1n) is 10.5. The zero-order chi connectivity index (χ0) is 26.3. The van der Waals surface area contributed by atoms with Crippen LogP contribution in [0.3, 0.4) is 0 Å². The van der Waals surface area contributed by atoms with Crippen LogP contribution in [0.1, 0.15) is 12.0 Å². The predicted octanol–water partition coefficient (Wildman–Crippen LogP) is 4.92. The Hall–Kier alpha value is -2.09. The molecule has 0 aliphatic carbocycles. The smallest absolute Gasteiger partial charge is 0.266 e. The number of halogens is 3. The monoisotopic (exact) mass is 592 g/mol. The number of hydrogen-bond donors (Lipinski definition) is 3. The molecule has 0 aliphatic rings. The van der Waals surface area contributed by atoms with E-state index < -0.39 is 32.7 Å². The number of primary amides is 1.